The summed E-state index contributed by atoms with van der Waals surface area (Å²) in [6, 6.07) is 1.38. The highest BCUT2D eigenvalue weighted by atomic mass is 28.2. The highest BCUT2D eigenvalue weighted by molar-refractivity contribution is 6.33. The number of hydrogen-bond donors (Lipinski definition) is 0. The molecule has 0 rings (SSSR count). The highest BCUT2D eigenvalue weighted by Gasteiger charge is 1.99. The molecule has 0 aromatic rings. The molecule has 0 aromatic heterocycles. The predicted octanol–water partition coefficient (Wildman–Crippen LogP) is 3.01. The molecule has 0 amide bonds. The summed E-state index contributed by atoms with van der Waals surface area (Å²) in [6.07, 6.45) is 13.4. The predicted molar refractivity (Wildman–Crippen MR) is 71.9 cm³/mol. The molecule has 0 unspecified atom stereocenters. The van der Waals surface area contributed by atoms with Crippen LogP contribution in [-0.2, 0) is 4.79 Å². The lowest BCUT2D eigenvalue weighted by molar-refractivity contribution is -0.305. The van der Waals surface area contributed by atoms with Crippen molar-refractivity contribution in [1.82, 2.24) is 0 Å². The normalized spacial score (nSPS) is 10.4. The van der Waals surface area contributed by atoms with E-state index in [9.17, 15) is 9.90 Å². The fourth-order valence-electron chi connectivity index (χ4n) is 1.83. The molecule has 0 aliphatic rings. The standard InChI is InChI=1S/C14H26O2Si/c1-17-13-11-9-7-5-3-2-4-6-8-10-12-14(15)16/h7H,2-6,8-13H2,1H3. The van der Waals surface area contributed by atoms with E-state index in [-0.39, 0.29) is 6.42 Å². The van der Waals surface area contributed by atoms with E-state index in [0.29, 0.717) is 0 Å². The third-order valence-electron chi connectivity index (χ3n) is 2.87. The van der Waals surface area contributed by atoms with Crippen molar-refractivity contribution in [2.45, 2.75) is 76.8 Å². The Morgan fingerprint density at radius 2 is 1.59 bits per heavy atom. The Hall–Kier alpha value is -0.443. The average Bonchev–Trinajstić information content (AvgIpc) is 2.30. The maximum atomic E-state index is 10.2. The van der Waals surface area contributed by atoms with Crippen LogP contribution in [0.3, 0.4) is 0 Å². The molecule has 0 heterocycles. The maximum Gasteiger partial charge on any atom is 0.0875 e. The lowest BCUT2D eigenvalue weighted by Crippen LogP contribution is -2.21. The van der Waals surface area contributed by atoms with Gasteiger partial charge < -0.3 is 9.90 Å². The summed E-state index contributed by atoms with van der Waals surface area (Å²) in [7, 11) is 1.10. The maximum absolute atomic E-state index is 10.2. The van der Waals surface area contributed by atoms with Crippen LogP contribution in [0.15, 0.2) is 0 Å². The molecule has 3 heteroatoms. The van der Waals surface area contributed by atoms with Gasteiger partial charge >= 0.3 is 0 Å². The van der Waals surface area contributed by atoms with E-state index in [0.717, 1.165) is 22.4 Å². The molecular weight excluding hydrogens is 228 g/mol. The molecule has 0 spiro atoms. The Balaban J connectivity index is 2.91. The molecule has 0 bridgehead atoms. The first-order valence-electron chi connectivity index (χ1n) is 6.93. The molecule has 0 aliphatic heterocycles. The van der Waals surface area contributed by atoms with E-state index in [2.05, 4.69) is 13.0 Å². The van der Waals surface area contributed by atoms with E-state index in [1.165, 1.54) is 51.0 Å². The molecule has 0 aromatic carbocycles. The monoisotopic (exact) mass is 254 g/mol. The van der Waals surface area contributed by atoms with Crippen molar-refractivity contribution in [3.05, 3.63) is 6.42 Å². The Morgan fingerprint density at radius 1 is 1.00 bits per heavy atom. The van der Waals surface area contributed by atoms with Gasteiger partial charge in [0.1, 0.15) is 0 Å². The largest absolute Gasteiger partial charge is 0.550 e. The van der Waals surface area contributed by atoms with Gasteiger partial charge in [0.25, 0.3) is 0 Å². The highest BCUT2D eigenvalue weighted by Crippen LogP contribution is 2.11. The zero-order chi connectivity index (χ0) is 12.8. The van der Waals surface area contributed by atoms with Crippen molar-refractivity contribution < 1.29 is 9.90 Å². The minimum absolute atomic E-state index is 0.228. The number of carboxylic acid groups (broad SMARTS) is 1. The molecule has 2 nitrogen and oxygen atoms in total. The summed E-state index contributed by atoms with van der Waals surface area (Å²) in [4.78, 5) is 10.2. The van der Waals surface area contributed by atoms with Crippen LogP contribution in [0.5, 0.6) is 0 Å². The van der Waals surface area contributed by atoms with E-state index in [1.807, 2.05) is 0 Å². The molecule has 2 radical (unpaired) electrons. The fourth-order valence-corrected chi connectivity index (χ4v) is 2.39. The molecule has 0 saturated heterocycles. The van der Waals surface area contributed by atoms with Crippen LogP contribution in [0.1, 0.15) is 64.2 Å². The van der Waals surface area contributed by atoms with Crippen LogP contribution < -0.4 is 5.11 Å². The van der Waals surface area contributed by atoms with E-state index < -0.39 is 5.97 Å². The SMILES string of the molecule is C[Si]CCC[CH+]CCCCCCCCC(=O)[O-]. The van der Waals surface area contributed by atoms with Crippen LogP contribution in [0.2, 0.25) is 12.6 Å². The van der Waals surface area contributed by atoms with Gasteiger partial charge in [0.05, 0.1) is 19.3 Å². The van der Waals surface area contributed by atoms with Crippen molar-refractivity contribution in [1.29, 1.82) is 0 Å². The first-order chi connectivity index (χ1) is 8.27. The number of unbranched alkanes of at least 4 members (excludes halogenated alkanes) is 9. The molecule has 0 atom stereocenters. The van der Waals surface area contributed by atoms with Crippen LogP contribution in [-0.4, -0.2) is 15.5 Å². The van der Waals surface area contributed by atoms with Gasteiger partial charge in [-0.15, -0.1) is 0 Å². The number of carbonyl (C=O) groups is 1. The van der Waals surface area contributed by atoms with Crippen LogP contribution in [0.4, 0.5) is 0 Å². The molecule has 0 N–H and O–H groups in total. The number of carbonyl (C=O) groups excluding carboxylic acids is 1. The fraction of sp³-hybridized carbons (Fsp3) is 0.857. The number of carboxylic acids is 1. The van der Waals surface area contributed by atoms with Gasteiger partial charge in [-0.1, -0.05) is 31.9 Å². The second-order valence-corrected chi connectivity index (χ2v) is 5.77. The Morgan fingerprint density at radius 3 is 2.24 bits per heavy atom. The van der Waals surface area contributed by atoms with Gasteiger partial charge in [0.15, 0.2) is 0 Å². The van der Waals surface area contributed by atoms with Crippen molar-refractivity contribution in [2.75, 3.05) is 0 Å². The number of aliphatic carboxylic acids is 1. The summed E-state index contributed by atoms with van der Waals surface area (Å²) < 4.78 is 0. The van der Waals surface area contributed by atoms with Crippen molar-refractivity contribution in [3.8, 4) is 0 Å². The van der Waals surface area contributed by atoms with E-state index in [4.69, 9.17) is 0 Å². The molecule has 0 fully saturated rings. The topological polar surface area (TPSA) is 40.1 Å². The zero-order valence-electron chi connectivity index (χ0n) is 11.2. The van der Waals surface area contributed by atoms with Gasteiger partial charge in [0.2, 0.25) is 0 Å². The van der Waals surface area contributed by atoms with Gasteiger partial charge in [0, 0.05) is 15.5 Å². The van der Waals surface area contributed by atoms with Crippen LogP contribution >= 0.6 is 0 Å². The summed E-state index contributed by atoms with van der Waals surface area (Å²) >= 11 is 0. The van der Waals surface area contributed by atoms with Crippen molar-refractivity contribution in [3.63, 3.8) is 0 Å². The number of rotatable bonds is 13. The lowest BCUT2D eigenvalue weighted by Gasteiger charge is -2.01. The van der Waals surface area contributed by atoms with Crippen molar-refractivity contribution in [2.24, 2.45) is 0 Å². The summed E-state index contributed by atoms with van der Waals surface area (Å²) in [5.41, 5.74) is 0. The Kier molecular flexibility index (Phi) is 13.3. The second kappa shape index (κ2) is 13.6. The molecular formula is C14H26O2Si. The summed E-state index contributed by atoms with van der Waals surface area (Å²) in [6.45, 7) is 2.26. The van der Waals surface area contributed by atoms with Crippen molar-refractivity contribution >= 4 is 15.5 Å². The third-order valence-corrected chi connectivity index (χ3v) is 3.73. The third kappa shape index (κ3) is 15.6. The minimum atomic E-state index is -0.910. The van der Waals surface area contributed by atoms with Crippen LogP contribution in [0, 0.1) is 6.42 Å². The number of hydrogen-bond acceptors (Lipinski definition) is 2. The molecule has 98 valence electrons. The lowest BCUT2D eigenvalue weighted by atomic mass is 10.1. The second-order valence-electron chi connectivity index (χ2n) is 4.57. The smallest absolute Gasteiger partial charge is 0.0875 e. The zero-order valence-corrected chi connectivity index (χ0v) is 12.2. The molecule has 0 saturated carbocycles. The van der Waals surface area contributed by atoms with Gasteiger partial charge in [-0.05, 0) is 32.1 Å². The molecule has 17 heavy (non-hydrogen) atoms. The minimum Gasteiger partial charge on any atom is -0.550 e. The van der Waals surface area contributed by atoms with Crippen LogP contribution in [0.25, 0.3) is 0 Å². The Labute approximate surface area is 109 Å². The Bertz CT molecular complexity index is 172. The van der Waals surface area contributed by atoms with E-state index in [1.54, 1.807) is 0 Å². The van der Waals surface area contributed by atoms with Gasteiger partial charge in [-0.2, -0.15) is 0 Å². The van der Waals surface area contributed by atoms with Gasteiger partial charge in [-0.3, -0.25) is 0 Å². The first-order valence-corrected chi connectivity index (χ1v) is 8.64. The quantitative estimate of drug-likeness (QED) is 0.288. The summed E-state index contributed by atoms with van der Waals surface area (Å²) in [5.74, 6) is -0.910. The van der Waals surface area contributed by atoms with E-state index >= 15 is 0 Å². The first kappa shape index (κ1) is 16.6. The average molecular weight is 254 g/mol. The summed E-state index contributed by atoms with van der Waals surface area (Å²) in [5, 5.41) is 10.2. The molecule has 0 aliphatic carbocycles. The van der Waals surface area contributed by atoms with Gasteiger partial charge in [-0.25, -0.2) is 0 Å².